The summed E-state index contributed by atoms with van der Waals surface area (Å²) < 4.78 is 11.4. The van der Waals surface area contributed by atoms with Crippen LogP contribution in [0.25, 0.3) is 10.9 Å². The molecule has 3 atom stereocenters. The SMILES string of the molecule is C=C[C@@]12CNCC[C@@H]1[C@](C(=O)OC)(c1[nH]c3ccccc3c1C=O)CO2. The van der Waals surface area contributed by atoms with Gasteiger partial charge in [0.15, 0.2) is 6.29 Å². The van der Waals surface area contributed by atoms with Crippen LogP contribution < -0.4 is 5.32 Å². The van der Waals surface area contributed by atoms with Crippen molar-refractivity contribution in [3.63, 3.8) is 0 Å². The predicted octanol–water partition coefficient (Wildman–Crippen LogP) is 1.96. The van der Waals surface area contributed by atoms with Crippen LogP contribution in [0.5, 0.6) is 0 Å². The van der Waals surface area contributed by atoms with Gasteiger partial charge in [0.05, 0.1) is 13.7 Å². The van der Waals surface area contributed by atoms with Crippen molar-refractivity contribution in [1.29, 1.82) is 0 Å². The molecular formula is C20H22N2O4. The van der Waals surface area contributed by atoms with Gasteiger partial charge in [-0.15, -0.1) is 6.58 Å². The van der Waals surface area contributed by atoms with Crippen molar-refractivity contribution in [2.45, 2.75) is 17.4 Å². The number of hydrogen-bond acceptors (Lipinski definition) is 5. The Bertz CT molecular complexity index is 889. The lowest BCUT2D eigenvalue weighted by Crippen LogP contribution is -2.56. The van der Waals surface area contributed by atoms with Crippen molar-refractivity contribution in [2.75, 3.05) is 26.8 Å². The van der Waals surface area contributed by atoms with E-state index in [9.17, 15) is 9.59 Å². The van der Waals surface area contributed by atoms with Gasteiger partial charge in [-0.05, 0) is 19.0 Å². The second-order valence-corrected chi connectivity index (χ2v) is 7.01. The fourth-order valence-corrected chi connectivity index (χ4v) is 4.70. The topological polar surface area (TPSA) is 80.4 Å². The summed E-state index contributed by atoms with van der Waals surface area (Å²) in [6.45, 7) is 5.44. The molecule has 0 radical (unpaired) electrons. The average Bonchev–Trinajstić information content (AvgIpc) is 3.24. The van der Waals surface area contributed by atoms with Gasteiger partial charge in [0.2, 0.25) is 0 Å². The van der Waals surface area contributed by atoms with Gasteiger partial charge in [0.1, 0.15) is 11.0 Å². The molecule has 1 aromatic heterocycles. The van der Waals surface area contributed by atoms with E-state index in [4.69, 9.17) is 9.47 Å². The normalized spacial score (nSPS) is 30.7. The number of benzene rings is 1. The van der Waals surface area contributed by atoms with Gasteiger partial charge in [0.25, 0.3) is 0 Å². The number of H-pyrrole nitrogens is 1. The van der Waals surface area contributed by atoms with Gasteiger partial charge in [-0.2, -0.15) is 0 Å². The van der Waals surface area contributed by atoms with Crippen molar-refractivity contribution in [3.8, 4) is 0 Å². The molecule has 0 saturated carbocycles. The first-order valence-corrected chi connectivity index (χ1v) is 8.76. The third-order valence-corrected chi connectivity index (χ3v) is 5.97. The van der Waals surface area contributed by atoms with E-state index in [0.29, 0.717) is 17.8 Å². The van der Waals surface area contributed by atoms with Crippen molar-refractivity contribution in [3.05, 3.63) is 48.2 Å². The number of fused-ring (bicyclic) bond motifs is 2. The van der Waals surface area contributed by atoms with Crippen LogP contribution in [0.15, 0.2) is 36.9 Å². The fourth-order valence-electron chi connectivity index (χ4n) is 4.70. The number of aromatic nitrogens is 1. The molecule has 136 valence electrons. The number of aromatic amines is 1. The van der Waals surface area contributed by atoms with Gasteiger partial charge < -0.3 is 19.8 Å². The minimum Gasteiger partial charge on any atom is -0.468 e. The van der Waals surface area contributed by atoms with Crippen LogP contribution in [-0.4, -0.2) is 49.6 Å². The monoisotopic (exact) mass is 354 g/mol. The molecule has 0 spiro atoms. The maximum atomic E-state index is 13.1. The van der Waals surface area contributed by atoms with Gasteiger partial charge >= 0.3 is 5.97 Å². The number of rotatable bonds is 4. The number of nitrogens with one attached hydrogen (secondary N) is 2. The Hall–Kier alpha value is -2.44. The van der Waals surface area contributed by atoms with Gasteiger partial charge in [0, 0.05) is 34.6 Å². The highest BCUT2D eigenvalue weighted by Gasteiger charge is 2.64. The lowest BCUT2D eigenvalue weighted by molar-refractivity contribution is -0.149. The summed E-state index contributed by atoms with van der Waals surface area (Å²) in [5.41, 5.74) is 0.159. The van der Waals surface area contributed by atoms with Gasteiger partial charge in [-0.25, -0.2) is 0 Å². The Morgan fingerprint density at radius 3 is 2.96 bits per heavy atom. The van der Waals surface area contributed by atoms with Crippen LogP contribution in [0, 0.1) is 5.92 Å². The fraction of sp³-hybridized carbons (Fsp3) is 0.400. The first kappa shape index (κ1) is 17.0. The highest BCUT2D eigenvalue weighted by molar-refractivity contribution is 6.02. The summed E-state index contributed by atoms with van der Waals surface area (Å²) in [7, 11) is 1.38. The maximum absolute atomic E-state index is 13.1. The van der Waals surface area contributed by atoms with E-state index in [1.165, 1.54) is 7.11 Å². The number of esters is 1. The first-order valence-electron chi connectivity index (χ1n) is 8.76. The first-order chi connectivity index (χ1) is 12.6. The number of carbonyl (C=O) groups is 2. The lowest BCUT2D eigenvalue weighted by Gasteiger charge is -2.41. The third-order valence-electron chi connectivity index (χ3n) is 5.97. The van der Waals surface area contributed by atoms with Crippen molar-refractivity contribution in [2.24, 2.45) is 5.92 Å². The summed E-state index contributed by atoms with van der Waals surface area (Å²) in [6, 6.07) is 7.55. The predicted molar refractivity (Wildman–Crippen MR) is 97.2 cm³/mol. The average molecular weight is 354 g/mol. The molecule has 0 unspecified atom stereocenters. The number of piperidine rings is 1. The van der Waals surface area contributed by atoms with Crippen LogP contribution in [0.3, 0.4) is 0 Å². The van der Waals surface area contributed by atoms with Crippen LogP contribution in [0.2, 0.25) is 0 Å². The number of hydrogen-bond donors (Lipinski definition) is 2. The largest absolute Gasteiger partial charge is 0.468 e. The van der Waals surface area contributed by atoms with Crippen LogP contribution in [-0.2, 0) is 19.7 Å². The zero-order valence-electron chi connectivity index (χ0n) is 14.7. The van der Waals surface area contributed by atoms with E-state index >= 15 is 0 Å². The lowest BCUT2D eigenvalue weighted by atomic mass is 9.64. The van der Waals surface area contributed by atoms with E-state index in [2.05, 4.69) is 16.9 Å². The summed E-state index contributed by atoms with van der Waals surface area (Å²) in [6.07, 6.45) is 3.31. The van der Waals surface area contributed by atoms with Crippen molar-refractivity contribution < 1.29 is 19.1 Å². The number of methoxy groups -OCH3 is 1. The second-order valence-electron chi connectivity index (χ2n) is 7.01. The summed E-state index contributed by atoms with van der Waals surface area (Å²) in [5.74, 6) is -0.559. The van der Waals surface area contributed by atoms with E-state index in [-0.39, 0.29) is 18.5 Å². The minimum absolute atomic E-state index is 0.145. The molecule has 2 aromatic rings. The molecule has 0 bridgehead atoms. The molecule has 2 aliphatic heterocycles. The molecule has 0 amide bonds. The van der Waals surface area contributed by atoms with Crippen LogP contribution in [0.1, 0.15) is 22.5 Å². The molecule has 2 saturated heterocycles. The molecule has 0 aliphatic carbocycles. The Balaban J connectivity index is 1.99. The smallest absolute Gasteiger partial charge is 0.320 e. The maximum Gasteiger partial charge on any atom is 0.320 e. The van der Waals surface area contributed by atoms with Gasteiger partial charge in [-0.3, -0.25) is 9.59 Å². The highest BCUT2D eigenvalue weighted by atomic mass is 16.5. The van der Waals surface area contributed by atoms with Gasteiger partial charge in [-0.1, -0.05) is 24.3 Å². The highest BCUT2D eigenvalue weighted by Crippen LogP contribution is 2.52. The van der Waals surface area contributed by atoms with Crippen molar-refractivity contribution in [1.82, 2.24) is 10.3 Å². The van der Waals surface area contributed by atoms with Crippen LogP contribution in [0.4, 0.5) is 0 Å². The van der Waals surface area contributed by atoms with Crippen molar-refractivity contribution >= 4 is 23.2 Å². The molecule has 6 nitrogen and oxygen atoms in total. The number of ether oxygens (including phenoxy) is 2. The third kappa shape index (κ3) is 2.06. The summed E-state index contributed by atoms with van der Waals surface area (Å²) >= 11 is 0. The molecule has 2 fully saturated rings. The minimum atomic E-state index is -1.07. The summed E-state index contributed by atoms with van der Waals surface area (Å²) in [5, 5.41) is 4.12. The Morgan fingerprint density at radius 2 is 2.23 bits per heavy atom. The molecule has 2 N–H and O–H groups in total. The molecule has 3 heterocycles. The van der Waals surface area contributed by atoms with E-state index in [1.54, 1.807) is 6.08 Å². The Labute approximate surface area is 151 Å². The quantitative estimate of drug-likeness (QED) is 0.498. The molecule has 2 aliphatic rings. The molecule has 6 heteroatoms. The Morgan fingerprint density at radius 1 is 1.42 bits per heavy atom. The van der Waals surface area contributed by atoms with Crippen LogP contribution >= 0.6 is 0 Å². The number of aldehydes is 1. The standard InChI is InChI=1S/C20H22N2O4/c1-3-19-11-21-9-8-16(19)20(12-26-19,18(24)25-2)17-14(10-23)13-6-4-5-7-15(13)22-17/h3-7,10,16,21-22H,1,8-9,11-12H2,2H3/t16-,19+,20-/m0/s1. The number of para-hydroxylation sites is 1. The molecule has 4 rings (SSSR count). The van der Waals surface area contributed by atoms with E-state index in [1.807, 2.05) is 24.3 Å². The number of carbonyl (C=O) groups excluding carboxylic acids is 2. The zero-order chi connectivity index (χ0) is 18.4. The summed E-state index contributed by atoms with van der Waals surface area (Å²) in [4.78, 5) is 28.4. The molecular weight excluding hydrogens is 332 g/mol. The van der Waals surface area contributed by atoms with E-state index < -0.39 is 11.0 Å². The molecule has 26 heavy (non-hydrogen) atoms. The zero-order valence-corrected chi connectivity index (χ0v) is 14.7. The second kappa shape index (κ2) is 6.07. The molecule has 1 aromatic carbocycles. The Kier molecular flexibility index (Phi) is 3.97. The van der Waals surface area contributed by atoms with E-state index in [0.717, 1.165) is 30.2 Å².